The van der Waals surface area contributed by atoms with Gasteiger partial charge in [0.25, 0.3) is 5.91 Å². The predicted octanol–water partition coefficient (Wildman–Crippen LogP) is 2.69. The zero-order valence-electron chi connectivity index (χ0n) is 15.3. The van der Waals surface area contributed by atoms with Crippen LogP contribution in [0.1, 0.15) is 33.7 Å². The molecule has 132 valence electrons. The zero-order chi connectivity index (χ0) is 17.8. The lowest BCUT2D eigenvalue weighted by molar-refractivity contribution is 0.0783. The molecule has 3 rings (SSSR count). The molecule has 0 bridgehead atoms. The van der Waals surface area contributed by atoms with Gasteiger partial charge < -0.3 is 9.80 Å². The van der Waals surface area contributed by atoms with Crippen molar-refractivity contribution < 1.29 is 4.79 Å². The Labute approximate surface area is 149 Å². The van der Waals surface area contributed by atoms with Crippen molar-refractivity contribution >= 4 is 5.91 Å². The number of aryl methyl sites for hydroxylation is 2. The maximum absolute atomic E-state index is 12.8. The van der Waals surface area contributed by atoms with Crippen LogP contribution in [-0.2, 0) is 6.54 Å². The van der Waals surface area contributed by atoms with Crippen molar-refractivity contribution in [2.24, 2.45) is 5.92 Å². The van der Waals surface area contributed by atoms with Crippen LogP contribution in [0.25, 0.3) is 0 Å². The molecular weight excluding hydrogens is 312 g/mol. The smallest absolute Gasteiger partial charge is 0.255 e. The van der Waals surface area contributed by atoms with Gasteiger partial charge >= 0.3 is 0 Å². The molecule has 1 fully saturated rings. The molecule has 0 N–H and O–H groups in total. The summed E-state index contributed by atoms with van der Waals surface area (Å²) in [6, 6.07) is 7.88. The minimum absolute atomic E-state index is 0.113. The first-order chi connectivity index (χ1) is 12.0. The third-order valence-corrected chi connectivity index (χ3v) is 4.77. The minimum atomic E-state index is 0.113. The topological polar surface area (TPSA) is 49.3 Å². The zero-order valence-corrected chi connectivity index (χ0v) is 15.3. The van der Waals surface area contributed by atoms with Gasteiger partial charge in [0, 0.05) is 44.3 Å². The summed E-state index contributed by atoms with van der Waals surface area (Å²) in [6.45, 7) is 7.39. The number of hydrogen-bond donors (Lipinski definition) is 0. The van der Waals surface area contributed by atoms with E-state index in [1.165, 1.54) is 5.56 Å². The second-order valence-corrected chi connectivity index (χ2v) is 7.05. The number of carbonyl (C=O) groups is 1. The van der Waals surface area contributed by atoms with Crippen molar-refractivity contribution in [2.75, 3.05) is 26.7 Å². The van der Waals surface area contributed by atoms with Gasteiger partial charge in [-0.15, -0.1) is 0 Å². The van der Waals surface area contributed by atoms with Gasteiger partial charge in [0.2, 0.25) is 0 Å². The Kier molecular flexibility index (Phi) is 5.43. The van der Waals surface area contributed by atoms with E-state index in [1.54, 1.807) is 6.20 Å². The van der Waals surface area contributed by atoms with Gasteiger partial charge in [-0.25, -0.2) is 0 Å². The van der Waals surface area contributed by atoms with E-state index >= 15 is 0 Å². The van der Waals surface area contributed by atoms with Gasteiger partial charge in [-0.1, -0.05) is 6.07 Å². The standard InChI is InChI=1S/C20H26N4O/c1-15-6-7-19(16(2)22-15)20(25)24-10-8-18(14-24)13-23(3)12-17-5-4-9-21-11-17/h4-7,9,11,18H,8,10,12-14H2,1-3H3/t18-/m0/s1. The van der Waals surface area contributed by atoms with E-state index in [-0.39, 0.29) is 5.91 Å². The number of aromatic nitrogens is 2. The lowest BCUT2D eigenvalue weighted by atomic mass is 10.1. The van der Waals surface area contributed by atoms with Gasteiger partial charge in [0.15, 0.2) is 0 Å². The lowest BCUT2D eigenvalue weighted by Crippen LogP contribution is -2.32. The summed E-state index contributed by atoms with van der Waals surface area (Å²) in [5, 5.41) is 0. The second kappa shape index (κ2) is 7.74. The molecule has 1 aliphatic heterocycles. The van der Waals surface area contributed by atoms with Crippen LogP contribution in [0.4, 0.5) is 0 Å². The SMILES string of the molecule is Cc1ccc(C(=O)N2CC[C@@H](CN(C)Cc3cccnc3)C2)c(C)n1. The van der Waals surface area contributed by atoms with Crippen LogP contribution in [-0.4, -0.2) is 52.4 Å². The van der Waals surface area contributed by atoms with Crippen molar-refractivity contribution in [1.29, 1.82) is 0 Å². The molecule has 1 aliphatic rings. The normalized spacial score (nSPS) is 17.3. The molecule has 0 aromatic carbocycles. The summed E-state index contributed by atoms with van der Waals surface area (Å²) in [5.41, 5.74) is 3.72. The first-order valence-electron chi connectivity index (χ1n) is 8.84. The summed E-state index contributed by atoms with van der Waals surface area (Å²) >= 11 is 0. The van der Waals surface area contributed by atoms with Gasteiger partial charge in [0.05, 0.1) is 11.3 Å². The Morgan fingerprint density at radius 3 is 2.88 bits per heavy atom. The molecule has 3 heterocycles. The van der Waals surface area contributed by atoms with Crippen molar-refractivity contribution in [1.82, 2.24) is 19.8 Å². The molecular formula is C20H26N4O. The highest BCUT2D eigenvalue weighted by atomic mass is 16.2. The average Bonchev–Trinajstić information content (AvgIpc) is 3.03. The van der Waals surface area contributed by atoms with Gasteiger partial charge in [-0.2, -0.15) is 0 Å². The average molecular weight is 338 g/mol. The highest BCUT2D eigenvalue weighted by Crippen LogP contribution is 2.21. The number of hydrogen-bond acceptors (Lipinski definition) is 4. The van der Waals surface area contributed by atoms with Crippen molar-refractivity contribution in [3.05, 3.63) is 59.2 Å². The maximum atomic E-state index is 12.8. The van der Waals surface area contributed by atoms with Crippen LogP contribution in [0.15, 0.2) is 36.7 Å². The number of rotatable bonds is 5. The van der Waals surface area contributed by atoms with Crippen LogP contribution in [0.3, 0.4) is 0 Å². The summed E-state index contributed by atoms with van der Waals surface area (Å²) in [4.78, 5) is 25.6. The maximum Gasteiger partial charge on any atom is 0.255 e. The number of pyridine rings is 2. The van der Waals surface area contributed by atoms with Gasteiger partial charge in [-0.05, 0) is 57.0 Å². The first kappa shape index (κ1) is 17.5. The number of nitrogens with zero attached hydrogens (tertiary/aromatic N) is 4. The molecule has 0 spiro atoms. The van der Waals surface area contributed by atoms with Crippen LogP contribution >= 0.6 is 0 Å². The molecule has 25 heavy (non-hydrogen) atoms. The van der Waals surface area contributed by atoms with Crippen LogP contribution in [0.2, 0.25) is 0 Å². The Bertz CT molecular complexity index is 732. The molecule has 0 unspecified atom stereocenters. The van der Waals surface area contributed by atoms with E-state index in [9.17, 15) is 4.79 Å². The van der Waals surface area contributed by atoms with Crippen molar-refractivity contribution in [3.63, 3.8) is 0 Å². The highest BCUT2D eigenvalue weighted by molar-refractivity contribution is 5.95. The molecule has 0 radical (unpaired) electrons. The second-order valence-electron chi connectivity index (χ2n) is 7.05. The van der Waals surface area contributed by atoms with E-state index in [0.717, 1.165) is 49.6 Å². The fourth-order valence-electron chi connectivity index (χ4n) is 3.56. The minimum Gasteiger partial charge on any atom is -0.338 e. The quantitative estimate of drug-likeness (QED) is 0.841. The number of carbonyl (C=O) groups excluding carboxylic acids is 1. The Balaban J connectivity index is 1.55. The Morgan fingerprint density at radius 1 is 1.32 bits per heavy atom. The molecule has 1 saturated heterocycles. The predicted molar refractivity (Wildman–Crippen MR) is 98.3 cm³/mol. The number of likely N-dealkylation sites (tertiary alicyclic amines) is 1. The third-order valence-electron chi connectivity index (χ3n) is 4.77. The fourth-order valence-corrected chi connectivity index (χ4v) is 3.56. The van der Waals surface area contributed by atoms with E-state index in [1.807, 2.05) is 43.1 Å². The largest absolute Gasteiger partial charge is 0.338 e. The summed E-state index contributed by atoms with van der Waals surface area (Å²) in [6.07, 6.45) is 4.77. The third kappa shape index (κ3) is 4.42. The summed E-state index contributed by atoms with van der Waals surface area (Å²) in [5.74, 6) is 0.631. The van der Waals surface area contributed by atoms with Crippen LogP contribution in [0.5, 0.6) is 0 Å². The Hall–Kier alpha value is -2.27. The van der Waals surface area contributed by atoms with E-state index in [0.29, 0.717) is 5.92 Å². The molecule has 0 aliphatic carbocycles. The molecule has 2 aromatic heterocycles. The number of amides is 1. The van der Waals surface area contributed by atoms with Crippen molar-refractivity contribution in [2.45, 2.75) is 26.8 Å². The monoisotopic (exact) mass is 338 g/mol. The molecule has 5 nitrogen and oxygen atoms in total. The molecule has 2 aromatic rings. The van der Waals surface area contributed by atoms with Crippen LogP contribution < -0.4 is 0 Å². The summed E-state index contributed by atoms with van der Waals surface area (Å²) < 4.78 is 0. The van der Waals surface area contributed by atoms with Crippen molar-refractivity contribution in [3.8, 4) is 0 Å². The first-order valence-corrected chi connectivity index (χ1v) is 8.84. The molecule has 0 saturated carbocycles. The van der Waals surface area contributed by atoms with E-state index in [4.69, 9.17) is 0 Å². The van der Waals surface area contributed by atoms with Gasteiger partial charge in [0.1, 0.15) is 0 Å². The molecule has 1 amide bonds. The van der Waals surface area contributed by atoms with Gasteiger partial charge in [-0.3, -0.25) is 14.8 Å². The van der Waals surface area contributed by atoms with Crippen LogP contribution in [0, 0.1) is 19.8 Å². The van der Waals surface area contributed by atoms with E-state index in [2.05, 4.69) is 28.0 Å². The Morgan fingerprint density at radius 2 is 2.16 bits per heavy atom. The lowest BCUT2D eigenvalue weighted by Gasteiger charge is -2.22. The van der Waals surface area contributed by atoms with E-state index < -0.39 is 0 Å². The summed E-state index contributed by atoms with van der Waals surface area (Å²) in [7, 11) is 2.13. The molecule has 5 heteroatoms. The molecule has 1 atom stereocenters. The fraction of sp³-hybridized carbons (Fsp3) is 0.450. The highest BCUT2D eigenvalue weighted by Gasteiger charge is 2.28.